The van der Waals surface area contributed by atoms with Crippen LogP contribution in [0.5, 0.6) is 5.75 Å². The third-order valence-corrected chi connectivity index (χ3v) is 3.59. The quantitative estimate of drug-likeness (QED) is 0.299. The van der Waals surface area contributed by atoms with Gasteiger partial charge in [-0.3, -0.25) is 9.78 Å². The van der Waals surface area contributed by atoms with Crippen LogP contribution in [0.1, 0.15) is 26.5 Å². The number of carbonyl (C=O) groups excluding carboxylic acids is 2. The molecule has 3 aromatic rings. The first-order valence-electron chi connectivity index (χ1n) is 7.41. The van der Waals surface area contributed by atoms with Crippen molar-refractivity contribution >= 4 is 34.0 Å². The molecule has 1 aromatic carbocycles. The van der Waals surface area contributed by atoms with Gasteiger partial charge in [0.05, 0.1) is 18.0 Å². The first-order valence-corrected chi connectivity index (χ1v) is 8.21. The standard InChI is InChI=1S/C18H12BrN3O4/c19-14-8-13(10-20-11-14)17(23)22-21-9-12-3-5-15(6-4-12)26-18(24)16-2-1-7-25-16/h1-11H,(H,22,23)/b21-9-. The predicted octanol–water partition coefficient (Wildman–Crippen LogP) is 3.42. The van der Waals surface area contributed by atoms with Crippen LogP contribution in [0, 0.1) is 0 Å². The molecule has 0 aliphatic carbocycles. The molecule has 0 saturated carbocycles. The maximum Gasteiger partial charge on any atom is 0.379 e. The second kappa shape index (κ2) is 8.21. The van der Waals surface area contributed by atoms with Gasteiger partial charge in [0.15, 0.2) is 0 Å². The number of amides is 1. The smallest absolute Gasteiger partial charge is 0.379 e. The summed E-state index contributed by atoms with van der Waals surface area (Å²) in [5.41, 5.74) is 3.52. The molecule has 3 rings (SSSR count). The first kappa shape index (κ1) is 17.6. The van der Waals surface area contributed by atoms with Gasteiger partial charge in [-0.15, -0.1) is 0 Å². The van der Waals surface area contributed by atoms with Gasteiger partial charge in [-0.2, -0.15) is 5.10 Å². The van der Waals surface area contributed by atoms with Crippen molar-refractivity contribution in [2.75, 3.05) is 0 Å². The predicted molar refractivity (Wildman–Crippen MR) is 97.1 cm³/mol. The second-order valence-electron chi connectivity index (χ2n) is 5.03. The average Bonchev–Trinajstić information content (AvgIpc) is 3.18. The Morgan fingerprint density at radius 3 is 2.69 bits per heavy atom. The van der Waals surface area contributed by atoms with Crippen LogP contribution in [0.2, 0.25) is 0 Å². The summed E-state index contributed by atoms with van der Waals surface area (Å²) < 4.78 is 10.8. The number of aromatic nitrogens is 1. The zero-order valence-electron chi connectivity index (χ0n) is 13.3. The van der Waals surface area contributed by atoms with Crippen LogP contribution in [0.25, 0.3) is 0 Å². The molecule has 26 heavy (non-hydrogen) atoms. The number of hydrazone groups is 1. The van der Waals surface area contributed by atoms with Crippen molar-refractivity contribution in [1.82, 2.24) is 10.4 Å². The summed E-state index contributed by atoms with van der Waals surface area (Å²) in [5, 5.41) is 3.89. The van der Waals surface area contributed by atoms with Gasteiger partial charge in [0, 0.05) is 16.9 Å². The van der Waals surface area contributed by atoms with E-state index in [9.17, 15) is 9.59 Å². The van der Waals surface area contributed by atoms with Gasteiger partial charge in [0.25, 0.3) is 5.91 Å². The Bertz CT molecular complexity index is 937. The molecule has 1 amide bonds. The number of hydrogen-bond acceptors (Lipinski definition) is 6. The lowest BCUT2D eigenvalue weighted by Crippen LogP contribution is -2.17. The number of nitrogens with one attached hydrogen (secondary N) is 1. The highest BCUT2D eigenvalue weighted by Gasteiger charge is 2.11. The van der Waals surface area contributed by atoms with E-state index in [1.54, 1.807) is 42.6 Å². The highest BCUT2D eigenvalue weighted by molar-refractivity contribution is 9.10. The van der Waals surface area contributed by atoms with Crippen molar-refractivity contribution in [3.05, 3.63) is 82.5 Å². The third-order valence-electron chi connectivity index (χ3n) is 3.16. The molecule has 0 bridgehead atoms. The maximum absolute atomic E-state index is 11.9. The largest absolute Gasteiger partial charge is 0.457 e. The molecule has 0 aliphatic rings. The number of benzene rings is 1. The SMILES string of the molecule is O=C(N/N=C\c1ccc(OC(=O)c2ccco2)cc1)c1cncc(Br)c1. The summed E-state index contributed by atoms with van der Waals surface area (Å²) in [7, 11) is 0. The highest BCUT2D eigenvalue weighted by atomic mass is 79.9. The molecule has 2 aromatic heterocycles. The number of carbonyl (C=O) groups is 2. The Hall–Kier alpha value is -3.26. The van der Waals surface area contributed by atoms with Crippen molar-refractivity contribution in [3.63, 3.8) is 0 Å². The van der Waals surface area contributed by atoms with Crippen LogP contribution in [-0.2, 0) is 0 Å². The summed E-state index contributed by atoms with van der Waals surface area (Å²) in [6.45, 7) is 0. The van der Waals surface area contributed by atoms with Crippen molar-refractivity contribution < 1.29 is 18.7 Å². The molecule has 1 N–H and O–H groups in total. The first-order chi connectivity index (χ1) is 12.6. The summed E-state index contributed by atoms with van der Waals surface area (Å²) in [5.74, 6) is -0.460. The van der Waals surface area contributed by atoms with Gasteiger partial charge in [-0.1, -0.05) is 0 Å². The molecule has 2 heterocycles. The zero-order chi connectivity index (χ0) is 18.4. The summed E-state index contributed by atoms with van der Waals surface area (Å²) >= 11 is 3.25. The molecule has 8 heteroatoms. The van der Waals surface area contributed by atoms with E-state index in [1.807, 2.05) is 0 Å². The van der Waals surface area contributed by atoms with Crippen LogP contribution < -0.4 is 10.2 Å². The van der Waals surface area contributed by atoms with Gasteiger partial charge in [0.2, 0.25) is 5.76 Å². The number of nitrogens with zero attached hydrogens (tertiary/aromatic N) is 2. The van der Waals surface area contributed by atoms with E-state index in [-0.39, 0.29) is 11.7 Å². The normalized spacial score (nSPS) is 10.7. The van der Waals surface area contributed by atoms with Crippen molar-refractivity contribution in [2.24, 2.45) is 5.10 Å². The highest BCUT2D eigenvalue weighted by Crippen LogP contribution is 2.14. The lowest BCUT2D eigenvalue weighted by molar-refractivity contribution is 0.0701. The number of halogens is 1. The van der Waals surface area contributed by atoms with E-state index in [4.69, 9.17) is 9.15 Å². The molecule has 0 aliphatic heterocycles. The van der Waals surface area contributed by atoms with Crippen molar-refractivity contribution in [3.8, 4) is 5.75 Å². The third kappa shape index (κ3) is 4.64. The van der Waals surface area contributed by atoms with E-state index in [1.165, 1.54) is 24.7 Å². The molecule has 0 atom stereocenters. The molecule has 130 valence electrons. The minimum Gasteiger partial charge on any atom is -0.457 e. The molecule has 0 spiro atoms. The van der Waals surface area contributed by atoms with E-state index in [2.05, 4.69) is 31.4 Å². The number of furan rings is 1. The van der Waals surface area contributed by atoms with E-state index < -0.39 is 5.97 Å². The Labute approximate surface area is 156 Å². The van der Waals surface area contributed by atoms with E-state index in [0.717, 1.165) is 5.56 Å². The molecule has 0 radical (unpaired) electrons. The lowest BCUT2D eigenvalue weighted by Gasteiger charge is -2.02. The summed E-state index contributed by atoms with van der Waals surface area (Å²) in [6, 6.07) is 11.4. The van der Waals surface area contributed by atoms with Crippen LogP contribution in [0.4, 0.5) is 0 Å². The Morgan fingerprint density at radius 1 is 1.19 bits per heavy atom. The molecule has 0 saturated heterocycles. The number of hydrogen-bond donors (Lipinski definition) is 1. The Kier molecular flexibility index (Phi) is 5.55. The maximum atomic E-state index is 11.9. The fourth-order valence-corrected chi connectivity index (χ4v) is 2.30. The molecular weight excluding hydrogens is 402 g/mol. The molecule has 0 unspecified atom stereocenters. The van der Waals surface area contributed by atoms with Gasteiger partial charge in [-0.05, 0) is 64.0 Å². The topological polar surface area (TPSA) is 93.8 Å². The fourth-order valence-electron chi connectivity index (χ4n) is 1.94. The molecular formula is C18H12BrN3O4. The van der Waals surface area contributed by atoms with Gasteiger partial charge in [-0.25, -0.2) is 10.2 Å². The van der Waals surface area contributed by atoms with Crippen LogP contribution in [0.15, 0.2) is 75.1 Å². The summed E-state index contributed by atoms with van der Waals surface area (Å²) in [6.07, 6.45) is 5.90. The molecule has 7 nitrogen and oxygen atoms in total. The van der Waals surface area contributed by atoms with Gasteiger partial charge >= 0.3 is 5.97 Å². The molecule has 0 fully saturated rings. The fraction of sp³-hybridized carbons (Fsp3) is 0. The monoisotopic (exact) mass is 413 g/mol. The Balaban J connectivity index is 1.56. The van der Waals surface area contributed by atoms with Gasteiger partial charge < -0.3 is 9.15 Å². The number of ether oxygens (including phenoxy) is 1. The Morgan fingerprint density at radius 2 is 2.00 bits per heavy atom. The number of rotatable bonds is 5. The average molecular weight is 414 g/mol. The van der Waals surface area contributed by atoms with Crippen LogP contribution >= 0.6 is 15.9 Å². The second-order valence-corrected chi connectivity index (χ2v) is 5.94. The number of pyridine rings is 1. The van der Waals surface area contributed by atoms with Crippen molar-refractivity contribution in [2.45, 2.75) is 0 Å². The minimum atomic E-state index is -0.577. The van der Waals surface area contributed by atoms with Gasteiger partial charge in [0.1, 0.15) is 5.75 Å². The van der Waals surface area contributed by atoms with Crippen LogP contribution in [-0.4, -0.2) is 23.1 Å². The zero-order valence-corrected chi connectivity index (χ0v) is 14.8. The summed E-state index contributed by atoms with van der Waals surface area (Å²) in [4.78, 5) is 27.6. The lowest BCUT2D eigenvalue weighted by atomic mass is 10.2. The number of esters is 1. The van der Waals surface area contributed by atoms with E-state index in [0.29, 0.717) is 15.8 Å². The van der Waals surface area contributed by atoms with E-state index >= 15 is 0 Å². The van der Waals surface area contributed by atoms with Crippen molar-refractivity contribution in [1.29, 1.82) is 0 Å². The van der Waals surface area contributed by atoms with Crippen LogP contribution in [0.3, 0.4) is 0 Å². The minimum absolute atomic E-state index is 0.125.